The molecule has 0 heterocycles. The summed E-state index contributed by atoms with van der Waals surface area (Å²) in [4.78, 5) is 28.1. The van der Waals surface area contributed by atoms with Crippen molar-refractivity contribution in [2.75, 3.05) is 19.4 Å². The van der Waals surface area contributed by atoms with Crippen molar-refractivity contribution in [2.24, 2.45) is 11.3 Å². The van der Waals surface area contributed by atoms with Gasteiger partial charge in [0.25, 0.3) is 0 Å². The average molecular weight is 487 g/mol. The van der Waals surface area contributed by atoms with Gasteiger partial charge in [-0.1, -0.05) is 52.0 Å². The van der Waals surface area contributed by atoms with Gasteiger partial charge in [0.2, 0.25) is 18.2 Å². The number of hydrogen-bond donors (Lipinski definition) is 0. The van der Waals surface area contributed by atoms with Crippen LogP contribution in [0.25, 0.3) is 0 Å². The normalized spacial score (nSPS) is 14.2. The topological polar surface area (TPSA) is 69.7 Å². The highest BCUT2D eigenvalue weighted by molar-refractivity contribution is 7.95. The van der Waals surface area contributed by atoms with E-state index in [0.717, 1.165) is 6.42 Å². The molecule has 0 N–H and O–H groups in total. The van der Waals surface area contributed by atoms with Gasteiger partial charge in [-0.2, -0.15) is 0 Å². The quantitative estimate of drug-likeness (QED) is 0.307. The first-order chi connectivity index (χ1) is 15.9. The van der Waals surface area contributed by atoms with E-state index < -0.39 is 18.2 Å². The Morgan fingerprint density at radius 2 is 1.29 bits per heavy atom. The summed E-state index contributed by atoms with van der Waals surface area (Å²) in [6.07, 6.45) is 0.734. The fourth-order valence-corrected chi connectivity index (χ4v) is 7.41. The van der Waals surface area contributed by atoms with E-state index in [-0.39, 0.29) is 34.6 Å². The first-order valence-electron chi connectivity index (χ1n) is 12.0. The summed E-state index contributed by atoms with van der Waals surface area (Å²) in [7, 11) is -4.08. The van der Waals surface area contributed by atoms with Gasteiger partial charge in [0.1, 0.15) is 17.1 Å². The Bertz CT molecular complexity index is 1040. The molecule has 5 nitrogen and oxygen atoms in total. The first-order valence-corrected chi connectivity index (χ1v) is 13.9. The number of rotatable bonds is 11. The van der Waals surface area contributed by atoms with Gasteiger partial charge in [-0.25, -0.2) is 0 Å². The summed E-state index contributed by atoms with van der Waals surface area (Å²) >= 11 is 0. The summed E-state index contributed by atoms with van der Waals surface area (Å²) in [5.41, 5.74) is 0.589. The van der Waals surface area contributed by atoms with Gasteiger partial charge in [0.05, 0.1) is 13.2 Å². The van der Waals surface area contributed by atoms with Crippen LogP contribution in [-0.4, -0.2) is 30.4 Å². The number of aryl methyl sites for hydroxylation is 2. The van der Waals surface area contributed by atoms with E-state index in [2.05, 4.69) is 20.8 Å². The third-order valence-corrected chi connectivity index (χ3v) is 8.58. The second kappa shape index (κ2) is 11.4. The van der Waals surface area contributed by atoms with Crippen molar-refractivity contribution in [1.82, 2.24) is 0 Å². The van der Waals surface area contributed by atoms with Crippen LogP contribution in [0.2, 0.25) is 0 Å². The zero-order valence-corrected chi connectivity index (χ0v) is 22.8. The molecule has 0 spiro atoms. The lowest BCUT2D eigenvalue weighted by Gasteiger charge is -2.27. The monoisotopic (exact) mass is 486 g/mol. The molecule has 0 bridgehead atoms. The third-order valence-electron chi connectivity index (χ3n) is 5.68. The van der Waals surface area contributed by atoms with E-state index in [0.29, 0.717) is 29.9 Å². The highest BCUT2D eigenvalue weighted by Crippen LogP contribution is 2.57. The lowest BCUT2D eigenvalue weighted by Crippen LogP contribution is -2.22. The SMILES string of the molecule is CCOc1cccc(OCC)c1C(=O)P(=O)(CC(C)CC(C)(C)C)C(=O)c1c(C)cccc1C. The van der Waals surface area contributed by atoms with Crippen molar-refractivity contribution in [3.8, 4) is 11.5 Å². The fourth-order valence-electron chi connectivity index (χ4n) is 4.59. The summed E-state index contributed by atoms with van der Waals surface area (Å²) in [6, 6.07) is 10.5. The van der Waals surface area contributed by atoms with Gasteiger partial charge < -0.3 is 14.0 Å². The molecule has 0 amide bonds. The van der Waals surface area contributed by atoms with Crippen LogP contribution >= 0.6 is 7.14 Å². The van der Waals surface area contributed by atoms with Crippen molar-refractivity contribution in [1.29, 1.82) is 0 Å². The highest BCUT2D eigenvalue weighted by Gasteiger charge is 2.45. The predicted molar refractivity (Wildman–Crippen MR) is 139 cm³/mol. The molecule has 2 unspecified atom stereocenters. The molecular weight excluding hydrogens is 447 g/mol. The van der Waals surface area contributed by atoms with Crippen LogP contribution in [-0.2, 0) is 4.57 Å². The molecule has 0 fully saturated rings. The highest BCUT2D eigenvalue weighted by atomic mass is 31.2. The van der Waals surface area contributed by atoms with Crippen LogP contribution in [0.4, 0.5) is 0 Å². The van der Waals surface area contributed by atoms with Crippen molar-refractivity contribution in [2.45, 2.75) is 61.8 Å². The van der Waals surface area contributed by atoms with Gasteiger partial charge >= 0.3 is 0 Å². The largest absolute Gasteiger partial charge is 0.493 e. The fraction of sp³-hybridized carbons (Fsp3) is 0.500. The number of carbonyl (C=O) groups is 2. The van der Waals surface area contributed by atoms with E-state index in [1.165, 1.54) is 0 Å². The minimum Gasteiger partial charge on any atom is -0.493 e. The minimum atomic E-state index is -4.08. The van der Waals surface area contributed by atoms with Crippen LogP contribution in [0.15, 0.2) is 36.4 Å². The Balaban J connectivity index is 2.73. The maximum absolute atomic E-state index is 14.7. The maximum Gasteiger partial charge on any atom is 0.236 e. The van der Waals surface area contributed by atoms with Crippen LogP contribution in [0.3, 0.4) is 0 Å². The van der Waals surface area contributed by atoms with Gasteiger partial charge in [-0.15, -0.1) is 0 Å². The van der Waals surface area contributed by atoms with E-state index in [4.69, 9.17) is 9.47 Å². The van der Waals surface area contributed by atoms with Crippen LogP contribution in [0.5, 0.6) is 11.5 Å². The minimum absolute atomic E-state index is 0.00172. The second-order valence-electron chi connectivity index (χ2n) is 10.2. The lowest BCUT2D eigenvalue weighted by molar-refractivity contribution is 0.103. The van der Waals surface area contributed by atoms with E-state index in [1.807, 2.05) is 52.8 Å². The maximum atomic E-state index is 14.7. The van der Waals surface area contributed by atoms with Crippen molar-refractivity contribution in [3.05, 3.63) is 58.7 Å². The molecular formula is C28H39O5P. The molecule has 0 saturated carbocycles. The van der Waals surface area contributed by atoms with Crippen LogP contribution < -0.4 is 9.47 Å². The van der Waals surface area contributed by atoms with E-state index in [9.17, 15) is 14.2 Å². The van der Waals surface area contributed by atoms with Crippen molar-refractivity contribution >= 4 is 18.2 Å². The molecule has 0 aliphatic heterocycles. The first kappa shape index (κ1) is 27.9. The Kier molecular flexibility index (Phi) is 9.30. The number of hydrogen-bond acceptors (Lipinski definition) is 5. The van der Waals surface area contributed by atoms with Crippen LogP contribution in [0, 0.1) is 25.2 Å². The molecule has 0 saturated heterocycles. The lowest BCUT2D eigenvalue weighted by atomic mass is 9.86. The molecule has 0 aromatic heterocycles. The van der Waals surface area contributed by atoms with Gasteiger partial charge in [0.15, 0.2) is 0 Å². The van der Waals surface area contributed by atoms with Crippen molar-refractivity contribution in [3.63, 3.8) is 0 Å². The smallest absolute Gasteiger partial charge is 0.236 e. The Labute approximate surface area is 204 Å². The standard InChI is InChI=1S/C28H39O5P/c1-9-32-22-15-12-16-23(33-10-2)25(22)27(30)34(31,18-19(3)17-28(6,7)8)26(29)24-20(4)13-11-14-21(24)5/h11-16,19H,9-10,17-18H2,1-8H3. The molecule has 34 heavy (non-hydrogen) atoms. The Hall–Kier alpha value is -2.39. The number of benzene rings is 2. The molecule has 2 rings (SSSR count). The molecule has 2 aromatic rings. The summed E-state index contributed by atoms with van der Waals surface area (Å²) in [5, 5.41) is 0. The molecule has 2 atom stereocenters. The Morgan fingerprint density at radius 1 is 0.853 bits per heavy atom. The molecule has 6 heteroatoms. The van der Waals surface area contributed by atoms with Crippen LogP contribution in [0.1, 0.15) is 79.8 Å². The number of carbonyl (C=O) groups excluding carboxylic acids is 2. The second-order valence-corrected chi connectivity index (χ2v) is 12.8. The molecule has 186 valence electrons. The van der Waals surface area contributed by atoms with Gasteiger partial charge in [-0.3, -0.25) is 9.59 Å². The van der Waals surface area contributed by atoms with Crippen molar-refractivity contribution < 1.29 is 23.6 Å². The number of ether oxygens (including phenoxy) is 2. The Morgan fingerprint density at radius 3 is 1.74 bits per heavy atom. The molecule has 0 aliphatic carbocycles. The zero-order chi connectivity index (χ0) is 25.7. The molecule has 0 radical (unpaired) electrons. The molecule has 0 aliphatic rings. The summed E-state index contributed by atoms with van der Waals surface area (Å²) < 4.78 is 26.2. The zero-order valence-electron chi connectivity index (χ0n) is 21.9. The van der Waals surface area contributed by atoms with E-state index in [1.54, 1.807) is 18.2 Å². The summed E-state index contributed by atoms with van der Waals surface area (Å²) in [6.45, 7) is 16.2. The van der Waals surface area contributed by atoms with Gasteiger partial charge in [-0.05, 0) is 68.7 Å². The average Bonchev–Trinajstić information content (AvgIpc) is 2.72. The third kappa shape index (κ3) is 6.39. The summed E-state index contributed by atoms with van der Waals surface area (Å²) in [5.74, 6) is 0.478. The predicted octanol–water partition coefficient (Wildman–Crippen LogP) is 7.52. The van der Waals surface area contributed by atoms with E-state index >= 15 is 0 Å². The molecule has 2 aromatic carbocycles. The van der Waals surface area contributed by atoms with Gasteiger partial charge in [0, 0.05) is 11.7 Å².